The summed E-state index contributed by atoms with van der Waals surface area (Å²) in [7, 11) is 0. The van der Waals surface area contributed by atoms with Gasteiger partial charge in [0.05, 0.1) is 12.2 Å². The van der Waals surface area contributed by atoms with Crippen molar-refractivity contribution >= 4 is 0 Å². The van der Waals surface area contributed by atoms with E-state index in [2.05, 4.69) is 23.2 Å². The van der Waals surface area contributed by atoms with Crippen LogP contribution < -0.4 is 5.32 Å². The number of hydrogen-bond donors (Lipinski definition) is 1. The minimum absolute atomic E-state index is 0.0424. The number of ether oxygens (including phenoxy) is 1. The molecule has 3 rings (SSSR count). The van der Waals surface area contributed by atoms with E-state index in [-0.39, 0.29) is 5.60 Å². The van der Waals surface area contributed by atoms with E-state index in [0.29, 0.717) is 6.61 Å². The van der Waals surface area contributed by atoms with E-state index >= 15 is 0 Å². The minimum Gasteiger partial charge on any atom is -0.370 e. The van der Waals surface area contributed by atoms with Gasteiger partial charge in [-0.05, 0) is 44.1 Å². The van der Waals surface area contributed by atoms with E-state index in [1.54, 1.807) is 0 Å². The Hall–Kier alpha value is -1.56. The maximum atomic E-state index is 6.00. The minimum atomic E-state index is 0.0424. The van der Waals surface area contributed by atoms with Gasteiger partial charge in [-0.25, -0.2) is 0 Å². The van der Waals surface area contributed by atoms with E-state index in [1.807, 2.05) is 30.3 Å². The summed E-state index contributed by atoms with van der Waals surface area (Å²) in [6.45, 7) is 2.82. The monoisotopic (exact) mass is 253 g/mol. The highest BCUT2D eigenvalue weighted by Gasteiger charge is 2.35. The van der Waals surface area contributed by atoms with Gasteiger partial charge >= 0.3 is 0 Å². The Kier molecular flexibility index (Phi) is 3.68. The fourth-order valence-corrected chi connectivity index (χ4v) is 2.76. The van der Waals surface area contributed by atoms with Crippen LogP contribution in [0.5, 0.6) is 0 Å². The lowest BCUT2D eigenvalue weighted by Crippen LogP contribution is -2.45. The Morgan fingerprint density at radius 3 is 2.63 bits per heavy atom. The summed E-state index contributed by atoms with van der Waals surface area (Å²) >= 11 is 0. The predicted octanol–water partition coefficient (Wildman–Crippen LogP) is 2.51. The van der Waals surface area contributed by atoms with Gasteiger partial charge in [0, 0.05) is 17.6 Å². The predicted molar refractivity (Wildman–Crippen MR) is 76.8 cm³/mol. The topological polar surface area (TPSA) is 21.3 Å². The van der Waals surface area contributed by atoms with Crippen molar-refractivity contribution in [3.8, 4) is 11.8 Å². The molecule has 0 amide bonds. The molecule has 2 nitrogen and oxygen atoms in total. The molecule has 1 saturated heterocycles. The molecule has 0 radical (unpaired) electrons. The summed E-state index contributed by atoms with van der Waals surface area (Å²) in [5.41, 5.74) is 2.35. The molecule has 0 aromatic heterocycles. The Morgan fingerprint density at radius 2 is 1.84 bits per heavy atom. The van der Waals surface area contributed by atoms with Crippen LogP contribution in [0.15, 0.2) is 42.0 Å². The average Bonchev–Trinajstić information content (AvgIpc) is 2.47. The van der Waals surface area contributed by atoms with Crippen molar-refractivity contribution in [2.24, 2.45) is 0 Å². The second-order valence-corrected chi connectivity index (χ2v) is 5.27. The zero-order valence-corrected chi connectivity index (χ0v) is 11.1. The van der Waals surface area contributed by atoms with Crippen molar-refractivity contribution in [1.82, 2.24) is 5.32 Å². The van der Waals surface area contributed by atoms with E-state index in [4.69, 9.17) is 4.74 Å². The van der Waals surface area contributed by atoms with Crippen molar-refractivity contribution in [3.05, 3.63) is 47.5 Å². The summed E-state index contributed by atoms with van der Waals surface area (Å²) in [4.78, 5) is 0. The highest BCUT2D eigenvalue weighted by molar-refractivity contribution is 5.41. The van der Waals surface area contributed by atoms with Crippen LogP contribution in [0.3, 0.4) is 0 Å². The Labute approximate surface area is 114 Å². The second-order valence-electron chi connectivity index (χ2n) is 5.27. The van der Waals surface area contributed by atoms with Gasteiger partial charge in [-0.1, -0.05) is 30.0 Å². The second kappa shape index (κ2) is 5.61. The lowest BCUT2D eigenvalue weighted by Gasteiger charge is -2.39. The number of piperidine rings is 1. The smallest absolute Gasteiger partial charge is 0.0757 e. The van der Waals surface area contributed by atoms with Crippen molar-refractivity contribution in [1.29, 1.82) is 0 Å². The van der Waals surface area contributed by atoms with Crippen LogP contribution in [0.2, 0.25) is 0 Å². The first-order chi connectivity index (χ1) is 9.36. The number of rotatable bonds is 0. The molecule has 2 heterocycles. The van der Waals surface area contributed by atoms with Crippen LogP contribution in [0, 0.1) is 11.8 Å². The third kappa shape index (κ3) is 3.07. The zero-order valence-electron chi connectivity index (χ0n) is 11.1. The van der Waals surface area contributed by atoms with Gasteiger partial charge in [0.1, 0.15) is 0 Å². The molecule has 1 N–H and O–H groups in total. The molecule has 1 aromatic rings. The van der Waals surface area contributed by atoms with Crippen molar-refractivity contribution in [2.75, 3.05) is 19.7 Å². The van der Waals surface area contributed by atoms with Gasteiger partial charge in [-0.3, -0.25) is 0 Å². The molecule has 2 heteroatoms. The Bertz CT molecular complexity index is 515. The quantitative estimate of drug-likeness (QED) is 0.717. The van der Waals surface area contributed by atoms with Gasteiger partial charge in [0.15, 0.2) is 0 Å². The van der Waals surface area contributed by atoms with Crippen LogP contribution in [0.4, 0.5) is 0 Å². The van der Waals surface area contributed by atoms with Crippen LogP contribution >= 0.6 is 0 Å². The molecule has 0 atom stereocenters. The molecule has 2 aliphatic rings. The lowest BCUT2D eigenvalue weighted by molar-refractivity contribution is -0.0588. The molecule has 2 aliphatic heterocycles. The van der Waals surface area contributed by atoms with Crippen LogP contribution in [-0.4, -0.2) is 25.3 Å². The van der Waals surface area contributed by atoms with Gasteiger partial charge < -0.3 is 10.1 Å². The molecule has 0 saturated carbocycles. The highest BCUT2D eigenvalue weighted by Crippen LogP contribution is 2.33. The molecule has 1 spiro atoms. The summed E-state index contributed by atoms with van der Waals surface area (Å²) in [6.07, 6.45) is 5.28. The van der Waals surface area contributed by atoms with E-state index in [9.17, 15) is 0 Å². The van der Waals surface area contributed by atoms with Gasteiger partial charge in [-0.2, -0.15) is 0 Å². The summed E-state index contributed by atoms with van der Waals surface area (Å²) in [5, 5.41) is 3.39. The summed E-state index contributed by atoms with van der Waals surface area (Å²) < 4.78 is 6.00. The molecular formula is C17H19NO. The van der Waals surface area contributed by atoms with Gasteiger partial charge in [-0.15, -0.1) is 0 Å². The maximum Gasteiger partial charge on any atom is 0.0757 e. The zero-order chi connectivity index (χ0) is 13.0. The molecule has 98 valence electrons. The first kappa shape index (κ1) is 12.5. The average molecular weight is 253 g/mol. The normalized spacial score (nSPS) is 21.4. The van der Waals surface area contributed by atoms with Gasteiger partial charge in [0.25, 0.3) is 0 Å². The molecule has 0 bridgehead atoms. The molecule has 0 unspecified atom stereocenters. The highest BCUT2D eigenvalue weighted by atomic mass is 16.5. The maximum absolute atomic E-state index is 6.00. The first-order valence-electron chi connectivity index (χ1n) is 6.97. The molecule has 0 aliphatic carbocycles. The van der Waals surface area contributed by atoms with Crippen LogP contribution in [0.25, 0.3) is 0 Å². The van der Waals surface area contributed by atoms with Crippen molar-refractivity contribution in [2.45, 2.75) is 24.9 Å². The molecular weight excluding hydrogens is 234 g/mol. The fraction of sp³-hybridized carbons (Fsp3) is 0.412. The summed E-state index contributed by atoms with van der Waals surface area (Å²) in [6, 6.07) is 10.2. The fourth-order valence-electron chi connectivity index (χ4n) is 2.76. The van der Waals surface area contributed by atoms with Crippen molar-refractivity contribution < 1.29 is 4.74 Å². The van der Waals surface area contributed by atoms with Crippen LogP contribution in [-0.2, 0) is 4.74 Å². The third-order valence-corrected chi connectivity index (χ3v) is 3.89. The lowest BCUT2D eigenvalue weighted by atomic mass is 9.84. The largest absolute Gasteiger partial charge is 0.370 e. The molecule has 1 aromatic carbocycles. The number of benzene rings is 1. The van der Waals surface area contributed by atoms with E-state index < -0.39 is 0 Å². The SMILES string of the molecule is C(#Cc1ccccc1)C1=CCOC2(CCNCC2)C1. The summed E-state index contributed by atoms with van der Waals surface area (Å²) in [5.74, 6) is 6.57. The van der Waals surface area contributed by atoms with Gasteiger partial charge in [0.2, 0.25) is 0 Å². The Morgan fingerprint density at radius 1 is 1.05 bits per heavy atom. The number of nitrogens with one attached hydrogen (secondary N) is 1. The standard InChI is InChI=1S/C17H19NO/c1-2-4-15(5-3-1)6-7-16-8-13-19-17(14-16)9-11-18-12-10-17/h1-5,8,18H,9-14H2. The van der Waals surface area contributed by atoms with Crippen LogP contribution in [0.1, 0.15) is 24.8 Å². The van der Waals surface area contributed by atoms with E-state index in [0.717, 1.165) is 37.9 Å². The Balaban J connectivity index is 1.72. The van der Waals surface area contributed by atoms with E-state index in [1.165, 1.54) is 5.57 Å². The molecule has 1 fully saturated rings. The number of hydrogen-bond acceptors (Lipinski definition) is 2. The molecule has 19 heavy (non-hydrogen) atoms. The van der Waals surface area contributed by atoms with Crippen molar-refractivity contribution in [3.63, 3.8) is 0 Å². The first-order valence-corrected chi connectivity index (χ1v) is 6.97. The third-order valence-electron chi connectivity index (χ3n) is 3.89.